The molecule has 9 heteroatoms. The topological polar surface area (TPSA) is 139 Å². The van der Waals surface area contributed by atoms with Crippen molar-refractivity contribution in [1.82, 2.24) is 9.78 Å². The molecule has 0 spiro atoms. The second-order valence-electron chi connectivity index (χ2n) is 8.63. The van der Waals surface area contributed by atoms with Crippen LogP contribution in [0.4, 0.5) is 0 Å². The Morgan fingerprint density at radius 3 is 2.32 bits per heavy atom. The zero-order valence-corrected chi connectivity index (χ0v) is 18.8. The molecule has 5 rings (SSSR count). The van der Waals surface area contributed by atoms with E-state index in [1.54, 1.807) is 32.1 Å². The summed E-state index contributed by atoms with van der Waals surface area (Å²) in [7, 11) is 0. The van der Waals surface area contributed by atoms with Crippen molar-refractivity contribution in [3.05, 3.63) is 69.2 Å². The smallest absolute Gasteiger partial charge is 0.335 e. The minimum atomic E-state index is -1.43. The van der Waals surface area contributed by atoms with E-state index in [1.165, 1.54) is 30.7 Å². The highest BCUT2D eigenvalue weighted by Crippen LogP contribution is 2.58. The summed E-state index contributed by atoms with van der Waals surface area (Å²) in [6.45, 7) is 6.02. The number of ether oxygens (including phenoxy) is 1. The number of phenols is 2. The number of aromatic hydroxyl groups is 2. The van der Waals surface area contributed by atoms with Gasteiger partial charge in [-0.15, -0.1) is 0 Å². The van der Waals surface area contributed by atoms with Gasteiger partial charge in [-0.1, -0.05) is 0 Å². The molecule has 0 amide bonds. The van der Waals surface area contributed by atoms with Crippen LogP contribution in [0.5, 0.6) is 17.2 Å². The molecule has 0 bridgehead atoms. The third-order valence-electron chi connectivity index (χ3n) is 6.60. The van der Waals surface area contributed by atoms with Crippen molar-refractivity contribution in [2.24, 2.45) is 0 Å². The standard InChI is InChI=1S/C25H20N2O7/c1-10-20(29)18(12(3)28)22-19(21(10)30)25(4)16(34-22)9-15-17(23(25)31)11(2)26-27(15)14-7-5-13(6-8-14)24(32)33/h5-9,29-30H,1-4H3,(H,32,33)/t25-/m0/s1. The lowest BCUT2D eigenvalue weighted by Crippen LogP contribution is -2.36. The minimum absolute atomic E-state index is 0.0386. The number of fused-ring (bicyclic) bond motifs is 4. The number of benzene rings is 2. The summed E-state index contributed by atoms with van der Waals surface area (Å²) in [6, 6.07) is 6.04. The van der Waals surface area contributed by atoms with Crippen molar-refractivity contribution in [2.45, 2.75) is 33.1 Å². The molecular weight excluding hydrogens is 440 g/mol. The van der Waals surface area contributed by atoms with E-state index in [0.29, 0.717) is 22.6 Å². The number of carbonyl (C=O) groups excluding carboxylic acids is 2. The van der Waals surface area contributed by atoms with Crippen LogP contribution < -0.4 is 4.74 Å². The molecule has 3 N–H and O–H groups in total. The summed E-state index contributed by atoms with van der Waals surface area (Å²) in [5.74, 6) is -2.46. The van der Waals surface area contributed by atoms with Crippen molar-refractivity contribution in [3.63, 3.8) is 0 Å². The summed E-state index contributed by atoms with van der Waals surface area (Å²) in [5, 5.41) is 35.1. The van der Waals surface area contributed by atoms with Gasteiger partial charge in [0.2, 0.25) is 0 Å². The lowest BCUT2D eigenvalue weighted by atomic mass is 9.71. The molecule has 1 aliphatic carbocycles. The van der Waals surface area contributed by atoms with Crippen LogP contribution in [0.1, 0.15) is 67.4 Å². The number of ketones is 2. The Kier molecular flexibility index (Phi) is 4.29. The fraction of sp³-hybridized carbons (Fsp3) is 0.200. The molecular formula is C25H20N2O7. The Balaban J connectivity index is 1.75. The van der Waals surface area contributed by atoms with Crippen LogP contribution in [0.3, 0.4) is 0 Å². The second kappa shape index (κ2) is 6.80. The fourth-order valence-corrected chi connectivity index (χ4v) is 4.73. The minimum Gasteiger partial charge on any atom is -0.507 e. The number of aryl methyl sites for hydroxylation is 1. The van der Waals surface area contributed by atoms with Gasteiger partial charge in [-0.3, -0.25) is 9.59 Å². The van der Waals surface area contributed by atoms with Gasteiger partial charge in [0.05, 0.1) is 33.8 Å². The first kappa shape index (κ1) is 21.4. The van der Waals surface area contributed by atoms with Gasteiger partial charge in [-0.2, -0.15) is 5.10 Å². The number of allylic oxidation sites excluding steroid dienone is 1. The summed E-state index contributed by atoms with van der Waals surface area (Å²) >= 11 is 0. The average molecular weight is 460 g/mol. The number of carbonyl (C=O) groups is 3. The zero-order chi connectivity index (χ0) is 24.7. The van der Waals surface area contributed by atoms with E-state index in [9.17, 15) is 24.6 Å². The van der Waals surface area contributed by atoms with E-state index in [1.807, 2.05) is 0 Å². The summed E-state index contributed by atoms with van der Waals surface area (Å²) < 4.78 is 7.50. The first-order valence-electron chi connectivity index (χ1n) is 10.5. The number of nitrogens with zero attached hydrogens (tertiary/aromatic N) is 2. The van der Waals surface area contributed by atoms with Gasteiger partial charge >= 0.3 is 5.97 Å². The van der Waals surface area contributed by atoms with Gasteiger partial charge in [0, 0.05) is 11.6 Å². The van der Waals surface area contributed by atoms with E-state index < -0.39 is 22.9 Å². The molecule has 0 saturated heterocycles. The Labute approximate surface area is 193 Å². The van der Waals surface area contributed by atoms with Crippen molar-refractivity contribution in [1.29, 1.82) is 0 Å². The highest BCUT2D eigenvalue weighted by Gasteiger charge is 2.55. The average Bonchev–Trinajstić information content (AvgIpc) is 3.27. The molecule has 3 aromatic rings. The molecule has 9 nitrogen and oxygen atoms in total. The maximum atomic E-state index is 13.9. The largest absolute Gasteiger partial charge is 0.507 e. The molecule has 1 atom stereocenters. The molecule has 0 saturated carbocycles. The van der Waals surface area contributed by atoms with Gasteiger partial charge in [-0.05, 0) is 52.0 Å². The second-order valence-corrected chi connectivity index (χ2v) is 8.63. The van der Waals surface area contributed by atoms with E-state index in [-0.39, 0.29) is 45.3 Å². The maximum absolute atomic E-state index is 13.9. The van der Waals surface area contributed by atoms with Crippen LogP contribution in [0, 0.1) is 13.8 Å². The van der Waals surface area contributed by atoms with E-state index in [4.69, 9.17) is 9.84 Å². The number of Topliss-reactive ketones (excluding diaryl/α,β-unsaturated/α-hetero) is 2. The lowest BCUT2D eigenvalue weighted by Gasteiger charge is -2.27. The van der Waals surface area contributed by atoms with Gasteiger partial charge in [0.25, 0.3) is 0 Å². The van der Waals surface area contributed by atoms with Crippen molar-refractivity contribution in [3.8, 4) is 22.9 Å². The highest BCUT2D eigenvalue weighted by atomic mass is 16.5. The molecule has 1 aliphatic heterocycles. The number of carboxylic acid groups (broad SMARTS) is 1. The van der Waals surface area contributed by atoms with Gasteiger partial charge in [-0.25, -0.2) is 9.48 Å². The summed E-state index contributed by atoms with van der Waals surface area (Å²) in [4.78, 5) is 37.4. The number of aromatic carboxylic acids is 1. The van der Waals surface area contributed by atoms with Crippen LogP contribution in [-0.2, 0) is 5.41 Å². The van der Waals surface area contributed by atoms with E-state index >= 15 is 0 Å². The van der Waals surface area contributed by atoms with Crippen LogP contribution in [0.25, 0.3) is 11.8 Å². The Hall–Kier alpha value is -4.40. The van der Waals surface area contributed by atoms with Gasteiger partial charge in [0.1, 0.15) is 34.0 Å². The van der Waals surface area contributed by atoms with Crippen LogP contribution >= 0.6 is 0 Å². The number of hydrogen-bond donors (Lipinski definition) is 3. The summed E-state index contributed by atoms with van der Waals surface area (Å²) in [5.41, 5.74) is 0.526. The molecule has 2 heterocycles. The Bertz CT molecular complexity index is 1490. The maximum Gasteiger partial charge on any atom is 0.335 e. The van der Waals surface area contributed by atoms with Crippen molar-refractivity contribution < 1.29 is 34.4 Å². The summed E-state index contributed by atoms with van der Waals surface area (Å²) in [6.07, 6.45) is 1.62. The molecule has 34 heavy (non-hydrogen) atoms. The molecule has 0 radical (unpaired) electrons. The SMILES string of the molecule is CC(=O)c1c(O)c(C)c(O)c2c1OC1=Cc3c(c(C)nn3-c3ccc(C(=O)O)cc3)C(=O)[C@@]12C. The molecule has 0 fully saturated rings. The third-order valence-corrected chi connectivity index (χ3v) is 6.60. The van der Waals surface area contributed by atoms with Crippen LogP contribution in [0.15, 0.2) is 30.0 Å². The molecule has 2 aliphatic rings. The number of rotatable bonds is 3. The predicted octanol–water partition coefficient (Wildman–Crippen LogP) is 3.69. The monoisotopic (exact) mass is 460 g/mol. The van der Waals surface area contributed by atoms with Gasteiger partial charge < -0.3 is 20.1 Å². The normalized spacial score (nSPS) is 18.0. The first-order valence-corrected chi connectivity index (χ1v) is 10.5. The van der Waals surface area contributed by atoms with Gasteiger partial charge in [0.15, 0.2) is 11.6 Å². The Morgan fingerprint density at radius 2 is 1.74 bits per heavy atom. The fourth-order valence-electron chi connectivity index (χ4n) is 4.73. The molecule has 172 valence electrons. The van der Waals surface area contributed by atoms with Crippen LogP contribution in [-0.4, -0.2) is 42.6 Å². The van der Waals surface area contributed by atoms with Crippen LogP contribution in [0.2, 0.25) is 0 Å². The number of aromatic nitrogens is 2. The number of hydrogen-bond acceptors (Lipinski definition) is 7. The number of carboxylic acids is 1. The molecule has 2 aromatic carbocycles. The van der Waals surface area contributed by atoms with E-state index in [2.05, 4.69) is 5.10 Å². The zero-order valence-electron chi connectivity index (χ0n) is 18.8. The lowest BCUT2D eigenvalue weighted by molar-refractivity contribution is 0.0696. The molecule has 0 unspecified atom stereocenters. The first-order chi connectivity index (χ1) is 16.0. The highest BCUT2D eigenvalue weighted by molar-refractivity contribution is 6.14. The van der Waals surface area contributed by atoms with Crippen molar-refractivity contribution >= 4 is 23.6 Å². The number of phenolic OH excluding ortho intramolecular Hbond substituents is 2. The third kappa shape index (κ3) is 2.54. The Morgan fingerprint density at radius 1 is 1.09 bits per heavy atom. The predicted molar refractivity (Wildman–Crippen MR) is 120 cm³/mol. The molecule has 1 aromatic heterocycles. The van der Waals surface area contributed by atoms with Crippen molar-refractivity contribution in [2.75, 3.05) is 0 Å². The van der Waals surface area contributed by atoms with E-state index in [0.717, 1.165) is 0 Å². The quantitative estimate of drug-likeness (QED) is 0.503.